The second-order valence-electron chi connectivity index (χ2n) is 8.75. The molecule has 3 aromatic rings. The monoisotopic (exact) mass is 558 g/mol. The third kappa shape index (κ3) is 8.86. The number of carbonyl (C=O) groups is 2. The van der Waals surface area contributed by atoms with E-state index in [-0.39, 0.29) is 22.9 Å². The van der Waals surface area contributed by atoms with Gasteiger partial charge in [0, 0.05) is 23.7 Å². The Bertz CT molecular complexity index is 1330. The summed E-state index contributed by atoms with van der Waals surface area (Å²) in [5, 5.41) is 3.04. The zero-order chi connectivity index (χ0) is 27.5. The number of benzene rings is 3. The second kappa shape index (κ2) is 13.9. The van der Waals surface area contributed by atoms with Crippen molar-refractivity contribution in [1.29, 1.82) is 0 Å². The molecule has 3 rings (SSSR count). The van der Waals surface area contributed by atoms with Crippen LogP contribution in [0.2, 0.25) is 5.02 Å². The third-order valence-corrected chi connectivity index (χ3v) is 7.25. The highest BCUT2D eigenvalue weighted by Gasteiger charge is 2.28. The maximum absolute atomic E-state index is 13.6. The molecule has 8 nitrogen and oxygen atoms in total. The number of ether oxygens (including phenoxy) is 2. The molecule has 0 spiro atoms. The van der Waals surface area contributed by atoms with E-state index in [0.29, 0.717) is 30.3 Å². The number of carbonyl (C=O) groups excluding carboxylic acids is 2. The quantitative estimate of drug-likeness (QED) is 0.222. The zero-order valence-corrected chi connectivity index (χ0v) is 22.9. The smallest absolute Gasteiger partial charge is 0.327 e. The first kappa shape index (κ1) is 29.2. The first-order valence-electron chi connectivity index (χ1n) is 12.1. The minimum Gasteiger partial charge on any atom is -0.462 e. The van der Waals surface area contributed by atoms with Crippen molar-refractivity contribution in [2.24, 2.45) is 0 Å². The number of nitrogens with one attached hydrogen (secondary N) is 1. The first-order valence-corrected chi connectivity index (χ1v) is 14.0. The number of hydrogen-bond acceptors (Lipinski definition) is 6. The molecule has 0 atom stereocenters. The van der Waals surface area contributed by atoms with Crippen LogP contribution >= 0.6 is 11.6 Å². The van der Waals surface area contributed by atoms with Gasteiger partial charge in [0.05, 0.1) is 23.3 Å². The molecule has 1 amide bonds. The third-order valence-electron chi connectivity index (χ3n) is 5.25. The summed E-state index contributed by atoms with van der Waals surface area (Å²) >= 11 is 6.09. The summed E-state index contributed by atoms with van der Waals surface area (Å²) in [6.07, 6.45) is 0.312. The number of halogens is 1. The number of esters is 1. The zero-order valence-electron chi connectivity index (χ0n) is 21.3. The van der Waals surface area contributed by atoms with Gasteiger partial charge in [-0.05, 0) is 62.2 Å². The van der Waals surface area contributed by atoms with Gasteiger partial charge in [0.1, 0.15) is 6.54 Å². The van der Waals surface area contributed by atoms with E-state index in [4.69, 9.17) is 21.1 Å². The maximum Gasteiger partial charge on any atom is 0.327 e. The molecule has 0 heterocycles. The molecule has 0 saturated heterocycles. The minimum absolute atomic E-state index is 0.0983. The van der Waals surface area contributed by atoms with E-state index in [1.165, 1.54) is 30.3 Å². The second-order valence-corrected chi connectivity index (χ2v) is 11.0. The van der Waals surface area contributed by atoms with E-state index in [0.717, 1.165) is 9.87 Å². The van der Waals surface area contributed by atoms with Gasteiger partial charge in [0.2, 0.25) is 5.91 Å². The Morgan fingerprint density at radius 1 is 0.974 bits per heavy atom. The fraction of sp³-hybridized carbons (Fsp3) is 0.286. The molecule has 3 aromatic carbocycles. The van der Waals surface area contributed by atoms with Crippen molar-refractivity contribution in [1.82, 2.24) is 0 Å². The standard InChI is InChI=1S/C28H31ClN2O6S/c1-21(2)37-28(33)19-31(25-13-6-11-23(29)17-25)38(34,35)26-14-7-12-24(18-26)30-27(32)15-8-16-36-20-22-9-4-3-5-10-22/h3-7,9-14,17-18,21H,8,15-16,19-20H2,1-2H3,(H,30,32). The average Bonchev–Trinajstić information content (AvgIpc) is 2.87. The lowest BCUT2D eigenvalue weighted by atomic mass is 10.2. The van der Waals surface area contributed by atoms with E-state index in [1.807, 2.05) is 30.3 Å². The Balaban J connectivity index is 1.67. The molecule has 0 bridgehead atoms. The van der Waals surface area contributed by atoms with E-state index in [2.05, 4.69) is 5.32 Å². The molecule has 38 heavy (non-hydrogen) atoms. The van der Waals surface area contributed by atoms with Gasteiger partial charge in [0.25, 0.3) is 10.0 Å². The van der Waals surface area contributed by atoms with Gasteiger partial charge in [-0.3, -0.25) is 13.9 Å². The van der Waals surface area contributed by atoms with E-state index < -0.39 is 28.6 Å². The van der Waals surface area contributed by atoms with Gasteiger partial charge in [-0.25, -0.2) is 8.42 Å². The van der Waals surface area contributed by atoms with Gasteiger partial charge >= 0.3 is 5.97 Å². The van der Waals surface area contributed by atoms with Crippen LogP contribution in [-0.2, 0) is 35.7 Å². The fourth-order valence-electron chi connectivity index (χ4n) is 3.55. The molecule has 0 unspecified atom stereocenters. The summed E-state index contributed by atoms with van der Waals surface area (Å²) in [5.74, 6) is -0.974. The van der Waals surface area contributed by atoms with Gasteiger partial charge in [-0.2, -0.15) is 0 Å². The lowest BCUT2D eigenvalue weighted by Crippen LogP contribution is -2.37. The lowest BCUT2D eigenvalue weighted by molar-refractivity contribution is -0.145. The predicted molar refractivity (Wildman–Crippen MR) is 148 cm³/mol. The van der Waals surface area contributed by atoms with Crippen LogP contribution in [0, 0.1) is 0 Å². The normalized spacial score (nSPS) is 11.3. The Hall–Kier alpha value is -3.40. The molecule has 0 saturated carbocycles. The van der Waals surface area contributed by atoms with Gasteiger partial charge in [-0.1, -0.05) is 54.1 Å². The van der Waals surface area contributed by atoms with E-state index in [1.54, 1.807) is 32.0 Å². The number of amides is 1. The topological polar surface area (TPSA) is 102 Å². The van der Waals surface area contributed by atoms with Crippen molar-refractivity contribution in [2.75, 3.05) is 22.8 Å². The van der Waals surface area contributed by atoms with Crippen molar-refractivity contribution in [3.63, 3.8) is 0 Å². The molecule has 0 fully saturated rings. The Labute approximate surface area is 228 Å². The molecule has 0 aliphatic rings. The van der Waals surface area contributed by atoms with Crippen LogP contribution < -0.4 is 9.62 Å². The molecule has 0 aromatic heterocycles. The summed E-state index contributed by atoms with van der Waals surface area (Å²) in [7, 11) is -4.21. The highest BCUT2D eigenvalue weighted by atomic mass is 35.5. The highest BCUT2D eigenvalue weighted by Crippen LogP contribution is 2.27. The molecule has 0 radical (unpaired) electrons. The molecule has 0 aliphatic carbocycles. The number of nitrogens with zero attached hydrogens (tertiary/aromatic N) is 1. The van der Waals surface area contributed by atoms with Crippen LogP contribution in [0.1, 0.15) is 32.3 Å². The molecule has 0 aliphatic heterocycles. The van der Waals surface area contributed by atoms with Crippen molar-refractivity contribution in [3.8, 4) is 0 Å². The largest absolute Gasteiger partial charge is 0.462 e. The number of hydrogen-bond donors (Lipinski definition) is 1. The molecule has 1 N–H and O–H groups in total. The Morgan fingerprint density at radius 3 is 2.42 bits per heavy atom. The number of anilines is 2. The van der Waals surface area contributed by atoms with Crippen LogP contribution in [0.5, 0.6) is 0 Å². The van der Waals surface area contributed by atoms with Crippen LogP contribution in [-0.4, -0.2) is 39.5 Å². The summed E-state index contributed by atoms with van der Waals surface area (Å²) in [4.78, 5) is 24.8. The summed E-state index contributed by atoms with van der Waals surface area (Å²) < 4.78 is 38.9. The Morgan fingerprint density at radius 2 is 1.71 bits per heavy atom. The molecule has 10 heteroatoms. The van der Waals surface area contributed by atoms with Gasteiger partial charge < -0.3 is 14.8 Å². The van der Waals surface area contributed by atoms with Crippen LogP contribution in [0.4, 0.5) is 11.4 Å². The van der Waals surface area contributed by atoms with Crippen LogP contribution in [0.3, 0.4) is 0 Å². The predicted octanol–water partition coefficient (Wildman–Crippen LogP) is 5.42. The maximum atomic E-state index is 13.6. The van der Waals surface area contributed by atoms with E-state index >= 15 is 0 Å². The molecular formula is C28H31ClN2O6S. The summed E-state index contributed by atoms with van der Waals surface area (Å²) in [6, 6.07) is 21.8. The number of rotatable bonds is 13. The van der Waals surface area contributed by atoms with Crippen molar-refractivity contribution in [2.45, 2.75) is 44.3 Å². The average molecular weight is 559 g/mol. The molecule has 202 valence electrons. The lowest BCUT2D eigenvalue weighted by Gasteiger charge is -2.24. The first-order chi connectivity index (χ1) is 18.1. The summed E-state index contributed by atoms with van der Waals surface area (Å²) in [5.41, 5.74) is 1.58. The number of sulfonamides is 1. The van der Waals surface area contributed by atoms with Gasteiger partial charge in [0.15, 0.2) is 0 Å². The highest BCUT2D eigenvalue weighted by molar-refractivity contribution is 7.92. The van der Waals surface area contributed by atoms with Gasteiger partial charge in [-0.15, -0.1) is 0 Å². The van der Waals surface area contributed by atoms with Crippen LogP contribution in [0.25, 0.3) is 0 Å². The van der Waals surface area contributed by atoms with Crippen molar-refractivity contribution in [3.05, 3.63) is 89.4 Å². The Kier molecular flexibility index (Phi) is 10.7. The molecular weight excluding hydrogens is 528 g/mol. The minimum atomic E-state index is -4.21. The van der Waals surface area contributed by atoms with Crippen molar-refractivity contribution >= 4 is 44.9 Å². The van der Waals surface area contributed by atoms with E-state index in [9.17, 15) is 18.0 Å². The SMILES string of the molecule is CC(C)OC(=O)CN(c1cccc(Cl)c1)S(=O)(=O)c1cccc(NC(=O)CCCOCc2ccccc2)c1. The summed E-state index contributed by atoms with van der Waals surface area (Å²) in [6.45, 7) is 3.70. The fourth-order valence-corrected chi connectivity index (χ4v) is 5.18. The van der Waals surface area contributed by atoms with Crippen LogP contribution in [0.15, 0.2) is 83.8 Å². The van der Waals surface area contributed by atoms with Crippen molar-refractivity contribution < 1.29 is 27.5 Å².